The van der Waals surface area contributed by atoms with Crippen LogP contribution in [0.1, 0.15) is 40.5 Å². The molecule has 1 aromatic carbocycles. The number of anilines is 1. The van der Waals surface area contributed by atoms with Gasteiger partial charge in [0.2, 0.25) is 0 Å². The van der Waals surface area contributed by atoms with Crippen LogP contribution in [0.15, 0.2) is 24.3 Å². The molecule has 0 saturated carbocycles. The zero-order valence-corrected chi connectivity index (χ0v) is 14.8. The van der Waals surface area contributed by atoms with Crippen LogP contribution in [0.25, 0.3) is 0 Å². The average molecular weight is 341 g/mol. The van der Waals surface area contributed by atoms with Crippen molar-refractivity contribution in [1.29, 1.82) is 0 Å². The second kappa shape index (κ2) is 8.20. The van der Waals surface area contributed by atoms with Crippen molar-refractivity contribution in [2.45, 2.75) is 46.6 Å². The lowest BCUT2D eigenvalue weighted by Crippen LogP contribution is -2.44. The van der Waals surface area contributed by atoms with Crippen LogP contribution < -0.4 is 10.6 Å². The summed E-state index contributed by atoms with van der Waals surface area (Å²) in [6.07, 6.45) is 1.28. The number of nitrogens with one attached hydrogen (secondary N) is 2. The van der Waals surface area contributed by atoms with Gasteiger partial charge in [-0.15, -0.1) is 0 Å². The van der Waals surface area contributed by atoms with E-state index in [0.717, 1.165) is 6.42 Å². The monoisotopic (exact) mass is 340 g/mol. The number of rotatable bonds is 6. The lowest BCUT2D eigenvalue weighted by molar-refractivity contribution is -0.139. The Balaban J connectivity index is 2.59. The van der Waals surface area contributed by atoms with Crippen LogP contribution in [0.3, 0.4) is 0 Å². The summed E-state index contributed by atoms with van der Waals surface area (Å²) in [5, 5.41) is 15.0. The van der Waals surface area contributed by atoms with Gasteiger partial charge in [-0.3, -0.25) is 0 Å². The maximum atomic E-state index is 12.0. The molecule has 0 aliphatic carbocycles. The van der Waals surface area contributed by atoms with Gasteiger partial charge in [-0.25, -0.2) is 9.59 Å². The first kappa shape index (κ1) is 19.3. The Morgan fingerprint density at radius 3 is 2.26 bits per heavy atom. The van der Waals surface area contributed by atoms with Gasteiger partial charge in [0.05, 0.1) is 0 Å². The zero-order chi connectivity index (χ0) is 17.6. The minimum absolute atomic E-state index is 0.119. The summed E-state index contributed by atoms with van der Waals surface area (Å²) in [6.45, 7) is 8.33. The maximum absolute atomic E-state index is 12.0. The molecule has 0 heterocycles. The third kappa shape index (κ3) is 7.88. The Labute approximate surface area is 142 Å². The molecule has 0 bridgehead atoms. The summed E-state index contributed by atoms with van der Waals surface area (Å²) in [5.41, 5.74) is 0.674. The molecule has 2 amide bonds. The molecule has 1 unspecified atom stereocenters. The fourth-order valence-electron chi connectivity index (χ4n) is 2.61. The van der Waals surface area contributed by atoms with Crippen molar-refractivity contribution < 1.29 is 14.7 Å². The van der Waals surface area contributed by atoms with Crippen LogP contribution in [0.2, 0.25) is 5.02 Å². The number of urea groups is 1. The van der Waals surface area contributed by atoms with Crippen molar-refractivity contribution in [3.05, 3.63) is 29.3 Å². The van der Waals surface area contributed by atoms with E-state index in [1.54, 1.807) is 24.3 Å². The molecule has 6 heteroatoms. The standard InChI is InChI=1S/C17H25ClN2O3/c1-11(10-17(2,3)4)9-14(15(21)22)20-16(23)19-13-7-5-12(18)6-8-13/h5-8,11,14H,9-10H2,1-4H3,(H,21,22)(H2,19,20,23)/t11?,14-/m0/s1. The van der Waals surface area contributed by atoms with Crippen molar-refractivity contribution in [3.63, 3.8) is 0 Å². The first-order chi connectivity index (χ1) is 10.6. The molecule has 128 valence electrons. The van der Waals surface area contributed by atoms with Crippen molar-refractivity contribution >= 4 is 29.3 Å². The molecule has 0 aliphatic heterocycles. The zero-order valence-electron chi connectivity index (χ0n) is 14.0. The van der Waals surface area contributed by atoms with Crippen LogP contribution in [-0.4, -0.2) is 23.1 Å². The van der Waals surface area contributed by atoms with Gasteiger partial charge in [0, 0.05) is 10.7 Å². The molecule has 1 rings (SSSR count). The molecular weight excluding hydrogens is 316 g/mol. The number of aliphatic carboxylic acids is 1. The minimum Gasteiger partial charge on any atom is -0.480 e. The lowest BCUT2D eigenvalue weighted by Gasteiger charge is -2.25. The van der Waals surface area contributed by atoms with Gasteiger partial charge in [-0.2, -0.15) is 0 Å². The van der Waals surface area contributed by atoms with Crippen LogP contribution in [0.4, 0.5) is 10.5 Å². The van der Waals surface area contributed by atoms with Crippen LogP contribution >= 0.6 is 11.6 Å². The van der Waals surface area contributed by atoms with Crippen LogP contribution in [0.5, 0.6) is 0 Å². The first-order valence-electron chi connectivity index (χ1n) is 7.63. The van der Waals surface area contributed by atoms with Crippen molar-refractivity contribution in [1.82, 2.24) is 5.32 Å². The molecular formula is C17H25ClN2O3. The fourth-order valence-corrected chi connectivity index (χ4v) is 2.74. The van der Waals surface area contributed by atoms with Gasteiger partial charge in [0.1, 0.15) is 6.04 Å². The number of carbonyl (C=O) groups is 2. The molecule has 0 radical (unpaired) electrons. The number of carboxylic acids is 1. The number of carbonyl (C=O) groups excluding carboxylic acids is 1. The van der Waals surface area contributed by atoms with E-state index in [-0.39, 0.29) is 11.3 Å². The van der Waals surface area contributed by atoms with Crippen LogP contribution in [-0.2, 0) is 4.79 Å². The number of halogens is 1. The third-order valence-corrected chi connectivity index (χ3v) is 3.56. The van der Waals surface area contributed by atoms with Gasteiger partial charge < -0.3 is 15.7 Å². The lowest BCUT2D eigenvalue weighted by atomic mass is 9.83. The largest absolute Gasteiger partial charge is 0.480 e. The summed E-state index contributed by atoms with van der Waals surface area (Å²) < 4.78 is 0. The molecule has 2 atom stereocenters. The minimum atomic E-state index is -1.03. The molecule has 0 fully saturated rings. The predicted molar refractivity (Wildman–Crippen MR) is 92.9 cm³/mol. The molecule has 0 aromatic heterocycles. The second-order valence-corrected chi connectivity index (χ2v) is 7.54. The van der Waals surface area contributed by atoms with E-state index in [9.17, 15) is 14.7 Å². The topological polar surface area (TPSA) is 78.4 Å². The predicted octanol–water partition coefficient (Wildman–Crippen LogP) is 4.38. The summed E-state index contributed by atoms with van der Waals surface area (Å²) in [6, 6.07) is 5.15. The van der Waals surface area contributed by atoms with Crippen molar-refractivity contribution in [2.24, 2.45) is 11.3 Å². The van der Waals surface area contributed by atoms with E-state index in [2.05, 4.69) is 31.4 Å². The van der Waals surface area contributed by atoms with Crippen molar-refractivity contribution in [3.8, 4) is 0 Å². The Hall–Kier alpha value is -1.75. The van der Waals surface area contributed by atoms with Crippen molar-refractivity contribution in [2.75, 3.05) is 5.32 Å². The fraction of sp³-hybridized carbons (Fsp3) is 0.529. The highest BCUT2D eigenvalue weighted by Crippen LogP contribution is 2.26. The van der Waals surface area contributed by atoms with Gasteiger partial charge in [-0.1, -0.05) is 39.3 Å². The molecule has 0 saturated heterocycles. The van der Waals surface area contributed by atoms with E-state index >= 15 is 0 Å². The van der Waals surface area contributed by atoms with Gasteiger partial charge in [0.15, 0.2) is 0 Å². The Kier molecular flexibility index (Phi) is 6.88. The van der Waals surface area contributed by atoms with E-state index in [4.69, 9.17) is 11.6 Å². The summed E-state index contributed by atoms with van der Waals surface area (Å²) in [4.78, 5) is 23.3. The number of benzene rings is 1. The number of hydrogen-bond acceptors (Lipinski definition) is 2. The highest BCUT2D eigenvalue weighted by molar-refractivity contribution is 6.30. The van der Waals surface area contributed by atoms with Gasteiger partial charge in [0.25, 0.3) is 0 Å². The van der Waals surface area contributed by atoms with E-state index in [1.807, 2.05) is 6.92 Å². The van der Waals surface area contributed by atoms with E-state index in [0.29, 0.717) is 17.1 Å². The Morgan fingerprint density at radius 2 is 1.78 bits per heavy atom. The maximum Gasteiger partial charge on any atom is 0.326 e. The smallest absolute Gasteiger partial charge is 0.326 e. The SMILES string of the molecule is CC(C[C@H](NC(=O)Nc1ccc(Cl)cc1)C(=O)O)CC(C)(C)C. The normalized spacial score (nSPS) is 14.0. The molecule has 0 spiro atoms. The molecule has 23 heavy (non-hydrogen) atoms. The third-order valence-electron chi connectivity index (χ3n) is 3.30. The quantitative estimate of drug-likeness (QED) is 0.719. The van der Waals surface area contributed by atoms with Gasteiger partial charge >= 0.3 is 12.0 Å². The Bertz CT molecular complexity index is 538. The summed E-state index contributed by atoms with van der Waals surface area (Å²) >= 11 is 5.78. The molecule has 3 N–H and O–H groups in total. The number of carboxylic acid groups (broad SMARTS) is 1. The number of amides is 2. The number of hydrogen-bond donors (Lipinski definition) is 3. The molecule has 5 nitrogen and oxygen atoms in total. The average Bonchev–Trinajstić information content (AvgIpc) is 2.38. The highest BCUT2D eigenvalue weighted by Gasteiger charge is 2.25. The highest BCUT2D eigenvalue weighted by atomic mass is 35.5. The second-order valence-electron chi connectivity index (χ2n) is 7.10. The molecule has 0 aliphatic rings. The Morgan fingerprint density at radius 1 is 1.22 bits per heavy atom. The van der Waals surface area contributed by atoms with Gasteiger partial charge in [-0.05, 0) is 48.4 Å². The molecule has 1 aromatic rings. The first-order valence-corrected chi connectivity index (χ1v) is 8.00. The van der Waals surface area contributed by atoms with Crippen LogP contribution in [0, 0.1) is 11.3 Å². The summed E-state index contributed by atoms with van der Waals surface area (Å²) in [5.74, 6) is -0.844. The summed E-state index contributed by atoms with van der Waals surface area (Å²) in [7, 11) is 0. The van der Waals surface area contributed by atoms with E-state index in [1.165, 1.54) is 0 Å². The van der Waals surface area contributed by atoms with E-state index < -0.39 is 18.0 Å².